The molecule has 1 unspecified atom stereocenters. The van der Waals surface area contributed by atoms with E-state index >= 15 is 0 Å². The molecule has 1 atom stereocenters. The minimum absolute atomic E-state index is 0.0478. The first-order chi connectivity index (χ1) is 9.94. The summed E-state index contributed by atoms with van der Waals surface area (Å²) in [5.74, 6) is -0.671. The Labute approximate surface area is 127 Å². The maximum Gasteiger partial charge on any atom is 0.222 e. The summed E-state index contributed by atoms with van der Waals surface area (Å²) in [6, 6.07) is 6.71. The van der Waals surface area contributed by atoms with Gasteiger partial charge in [-0.1, -0.05) is 18.2 Å². The molecule has 0 radical (unpaired) electrons. The molecule has 0 N–H and O–H groups in total. The van der Waals surface area contributed by atoms with E-state index in [0.717, 1.165) is 0 Å². The minimum atomic E-state index is -3.60. The summed E-state index contributed by atoms with van der Waals surface area (Å²) in [6.07, 6.45) is 2.68. The van der Waals surface area contributed by atoms with Crippen LogP contribution in [0.1, 0.15) is 16.5 Å². The van der Waals surface area contributed by atoms with Crippen molar-refractivity contribution in [2.24, 2.45) is 0 Å². The van der Waals surface area contributed by atoms with Crippen molar-refractivity contribution in [1.82, 2.24) is 9.97 Å². The van der Waals surface area contributed by atoms with Crippen LogP contribution in [0.25, 0.3) is 0 Å². The van der Waals surface area contributed by atoms with Gasteiger partial charge in [0.25, 0.3) is 0 Å². The van der Waals surface area contributed by atoms with Gasteiger partial charge in [-0.05, 0) is 35.4 Å². The monoisotopic (exact) mass is 326 g/mol. The molecule has 21 heavy (non-hydrogen) atoms. The van der Waals surface area contributed by atoms with Crippen molar-refractivity contribution in [3.8, 4) is 0 Å². The summed E-state index contributed by atoms with van der Waals surface area (Å²) in [6.45, 7) is 3.45. The molecule has 0 saturated heterocycles. The van der Waals surface area contributed by atoms with E-state index in [2.05, 4.69) is 16.5 Å². The van der Waals surface area contributed by atoms with Crippen LogP contribution in [0, 0.1) is 5.82 Å². The van der Waals surface area contributed by atoms with Gasteiger partial charge in [-0.2, -0.15) is 0 Å². The zero-order chi connectivity index (χ0) is 15.5. The Balaban J connectivity index is 2.59. The quantitative estimate of drug-likeness (QED) is 0.626. The predicted octanol–water partition coefficient (Wildman–Crippen LogP) is 2.96. The van der Waals surface area contributed by atoms with Crippen LogP contribution in [0.2, 0.25) is 5.28 Å². The van der Waals surface area contributed by atoms with E-state index in [1.165, 1.54) is 42.6 Å². The number of rotatable bonds is 5. The van der Waals surface area contributed by atoms with Crippen LogP contribution in [0.3, 0.4) is 0 Å². The lowest BCUT2D eigenvalue weighted by molar-refractivity contribution is 0.590. The first kappa shape index (κ1) is 15.6. The lowest BCUT2D eigenvalue weighted by Gasteiger charge is -2.17. The molecule has 0 aliphatic rings. The van der Waals surface area contributed by atoms with Crippen molar-refractivity contribution >= 4 is 21.4 Å². The lowest BCUT2D eigenvalue weighted by Crippen LogP contribution is -2.18. The molecule has 0 fully saturated rings. The Kier molecular flexibility index (Phi) is 4.69. The molecule has 110 valence electrons. The van der Waals surface area contributed by atoms with E-state index in [0.29, 0.717) is 5.56 Å². The van der Waals surface area contributed by atoms with Crippen LogP contribution in [0.4, 0.5) is 4.39 Å². The third-order valence-electron chi connectivity index (χ3n) is 2.80. The SMILES string of the molecule is C=CCS(=O)(=O)C(c1ccc(F)cc1)c1ccnc(Cl)n1. The second-order valence-electron chi connectivity index (χ2n) is 4.30. The van der Waals surface area contributed by atoms with Gasteiger partial charge in [0, 0.05) is 6.20 Å². The zero-order valence-corrected chi connectivity index (χ0v) is 12.5. The third-order valence-corrected chi connectivity index (χ3v) is 4.91. The normalized spacial score (nSPS) is 12.9. The van der Waals surface area contributed by atoms with Crippen molar-refractivity contribution in [2.75, 3.05) is 5.75 Å². The average Bonchev–Trinajstić information content (AvgIpc) is 2.41. The minimum Gasteiger partial charge on any atom is -0.227 e. The molecule has 2 aromatic rings. The van der Waals surface area contributed by atoms with Crippen LogP contribution >= 0.6 is 11.6 Å². The summed E-state index contributed by atoms with van der Waals surface area (Å²) < 4.78 is 38.0. The lowest BCUT2D eigenvalue weighted by atomic mass is 10.1. The Morgan fingerprint density at radius 3 is 2.52 bits per heavy atom. The number of sulfone groups is 1. The van der Waals surface area contributed by atoms with Crippen molar-refractivity contribution in [3.05, 3.63) is 71.5 Å². The Morgan fingerprint density at radius 1 is 1.29 bits per heavy atom. The van der Waals surface area contributed by atoms with Crippen molar-refractivity contribution in [2.45, 2.75) is 5.25 Å². The van der Waals surface area contributed by atoms with Gasteiger partial charge in [0.1, 0.15) is 11.1 Å². The molecule has 0 bridgehead atoms. The molecule has 7 heteroatoms. The van der Waals surface area contributed by atoms with Crippen molar-refractivity contribution in [1.29, 1.82) is 0 Å². The average molecular weight is 327 g/mol. The molecular weight excluding hydrogens is 315 g/mol. The van der Waals surface area contributed by atoms with E-state index in [1.54, 1.807) is 0 Å². The molecule has 0 saturated carbocycles. The van der Waals surface area contributed by atoms with Gasteiger partial charge in [-0.15, -0.1) is 6.58 Å². The van der Waals surface area contributed by atoms with Crippen LogP contribution in [-0.4, -0.2) is 24.1 Å². The topological polar surface area (TPSA) is 59.9 Å². The second-order valence-corrected chi connectivity index (χ2v) is 6.77. The van der Waals surface area contributed by atoms with Crippen molar-refractivity contribution in [3.63, 3.8) is 0 Å². The maximum atomic E-state index is 13.0. The number of halogens is 2. The first-order valence-corrected chi connectivity index (χ1v) is 8.10. The van der Waals surface area contributed by atoms with Crippen molar-refractivity contribution < 1.29 is 12.8 Å². The summed E-state index contributed by atoms with van der Waals surface area (Å²) in [4.78, 5) is 7.71. The Bertz CT molecular complexity index is 748. The summed E-state index contributed by atoms with van der Waals surface area (Å²) in [7, 11) is -3.60. The largest absolute Gasteiger partial charge is 0.227 e. The summed E-state index contributed by atoms with van der Waals surface area (Å²) in [5, 5.41) is -1.09. The summed E-state index contributed by atoms with van der Waals surface area (Å²) in [5.41, 5.74) is 0.650. The molecule has 0 spiro atoms. The van der Waals surface area contributed by atoms with Gasteiger partial charge in [0.05, 0.1) is 11.4 Å². The van der Waals surface area contributed by atoms with Gasteiger partial charge in [-0.3, -0.25) is 0 Å². The predicted molar refractivity (Wildman–Crippen MR) is 79.3 cm³/mol. The highest BCUT2D eigenvalue weighted by Gasteiger charge is 2.29. The molecule has 0 aliphatic heterocycles. The number of benzene rings is 1. The Morgan fingerprint density at radius 2 is 1.95 bits per heavy atom. The van der Waals surface area contributed by atoms with Gasteiger partial charge < -0.3 is 0 Å². The first-order valence-electron chi connectivity index (χ1n) is 6.00. The van der Waals surface area contributed by atoms with Crippen LogP contribution in [-0.2, 0) is 9.84 Å². The highest BCUT2D eigenvalue weighted by Crippen LogP contribution is 2.30. The highest BCUT2D eigenvalue weighted by atomic mass is 35.5. The van der Waals surface area contributed by atoms with Crippen LogP contribution in [0.15, 0.2) is 49.2 Å². The number of nitrogens with zero attached hydrogens (tertiary/aromatic N) is 2. The fourth-order valence-corrected chi connectivity index (χ4v) is 3.70. The second kappa shape index (κ2) is 6.32. The molecule has 2 rings (SSSR count). The zero-order valence-electron chi connectivity index (χ0n) is 10.9. The van der Waals surface area contributed by atoms with Gasteiger partial charge in [0.2, 0.25) is 5.28 Å². The van der Waals surface area contributed by atoms with E-state index < -0.39 is 20.9 Å². The standard InChI is InChI=1S/C14H12ClFN2O2S/c1-2-9-21(19,20)13(10-3-5-11(16)6-4-10)12-7-8-17-14(15)18-12/h2-8,13H,1,9H2. The van der Waals surface area contributed by atoms with Gasteiger partial charge in [-0.25, -0.2) is 22.8 Å². The van der Waals surface area contributed by atoms with E-state index in [-0.39, 0.29) is 16.7 Å². The van der Waals surface area contributed by atoms with E-state index in [4.69, 9.17) is 11.6 Å². The third kappa shape index (κ3) is 3.65. The van der Waals surface area contributed by atoms with Gasteiger partial charge >= 0.3 is 0 Å². The molecule has 4 nitrogen and oxygen atoms in total. The van der Waals surface area contributed by atoms with E-state index in [1.807, 2.05) is 0 Å². The number of hydrogen-bond acceptors (Lipinski definition) is 4. The number of aromatic nitrogens is 2. The maximum absolute atomic E-state index is 13.0. The van der Waals surface area contributed by atoms with E-state index in [9.17, 15) is 12.8 Å². The Hall–Kier alpha value is -1.79. The molecule has 1 heterocycles. The molecule has 0 aliphatic carbocycles. The smallest absolute Gasteiger partial charge is 0.222 e. The molecular formula is C14H12ClFN2O2S. The summed E-state index contributed by atoms with van der Waals surface area (Å²) >= 11 is 5.73. The van der Waals surface area contributed by atoms with Gasteiger partial charge in [0.15, 0.2) is 9.84 Å². The number of hydrogen-bond donors (Lipinski definition) is 0. The molecule has 0 amide bonds. The van der Waals surface area contributed by atoms with Crippen LogP contribution in [0.5, 0.6) is 0 Å². The fraction of sp³-hybridized carbons (Fsp3) is 0.143. The molecule has 1 aromatic heterocycles. The fourth-order valence-electron chi connectivity index (χ4n) is 1.95. The molecule has 1 aromatic carbocycles. The van der Waals surface area contributed by atoms with Crippen LogP contribution < -0.4 is 0 Å². The highest BCUT2D eigenvalue weighted by molar-refractivity contribution is 7.92.